The van der Waals surface area contributed by atoms with E-state index >= 15 is 0 Å². The maximum Gasteiger partial charge on any atom is 0.175 e. The van der Waals surface area contributed by atoms with Crippen LogP contribution in [-0.4, -0.2) is 10.2 Å². The fraction of sp³-hybridized carbons (Fsp3) is 0. The lowest BCUT2D eigenvalue weighted by Gasteiger charge is -1.97. The van der Waals surface area contributed by atoms with E-state index in [1.807, 2.05) is 0 Å². The number of phenols is 2. The number of halogens is 1. The highest BCUT2D eigenvalue weighted by molar-refractivity contribution is 5.50. The summed E-state index contributed by atoms with van der Waals surface area (Å²) in [4.78, 5) is 0. The fourth-order valence-electron chi connectivity index (χ4n) is 0.670. The van der Waals surface area contributed by atoms with Gasteiger partial charge >= 0.3 is 0 Å². The van der Waals surface area contributed by atoms with Gasteiger partial charge in [-0.3, -0.25) is 0 Å². The predicted molar refractivity (Wildman–Crippen MR) is 34.4 cm³/mol. The van der Waals surface area contributed by atoms with Crippen LogP contribution < -0.4 is 0 Å². The van der Waals surface area contributed by atoms with Crippen LogP contribution in [0.1, 0.15) is 5.56 Å². The Morgan fingerprint density at radius 1 is 1.36 bits per heavy atom. The predicted octanol–water partition coefficient (Wildman–Crippen LogP) is 1.11. The van der Waals surface area contributed by atoms with E-state index < -0.39 is 17.3 Å². The lowest BCUT2D eigenvalue weighted by Crippen LogP contribution is -1.80. The molecule has 0 unspecified atom stereocenters. The highest BCUT2D eigenvalue weighted by Crippen LogP contribution is 2.28. The highest BCUT2D eigenvalue weighted by Gasteiger charge is 2.07. The van der Waals surface area contributed by atoms with Crippen molar-refractivity contribution in [2.75, 3.05) is 0 Å². The van der Waals surface area contributed by atoms with Crippen LogP contribution in [0.2, 0.25) is 0 Å². The molecular formula is C7H4FNO2. The maximum atomic E-state index is 12.4. The molecule has 3 nitrogen and oxygen atoms in total. The van der Waals surface area contributed by atoms with Crippen LogP contribution >= 0.6 is 0 Å². The van der Waals surface area contributed by atoms with Crippen LogP contribution in [0, 0.1) is 17.1 Å². The van der Waals surface area contributed by atoms with Gasteiger partial charge in [-0.2, -0.15) is 5.26 Å². The molecular weight excluding hydrogens is 149 g/mol. The van der Waals surface area contributed by atoms with E-state index in [1.165, 1.54) is 6.07 Å². The third kappa shape index (κ3) is 1.22. The quantitative estimate of drug-likeness (QED) is 0.548. The van der Waals surface area contributed by atoms with Gasteiger partial charge in [-0.1, -0.05) is 0 Å². The van der Waals surface area contributed by atoms with Gasteiger partial charge in [-0.25, -0.2) is 4.39 Å². The Morgan fingerprint density at radius 3 is 2.55 bits per heavy atom. The molecule has 0 fully saturated rings. The molecule has 0 radical (unpaired) electrons. The Balaban J connectivity index is 3.39. The number of nitriles is 1. The standard InChI is InChI=1S/C7H4FNO2/c8-5-1-4(3-9)7(11)6(10)2-5/h1-2,10-11H. The molecule has 0 bridgehead atoms. The molecule has 1 rings (SSSR count). The Labute approximate surface area is 61.9 Å². The molecule has 0 saturated heterocycles. The Bertz CT molecular complexity index is 330. The number of nitrogens with zero attached hydrogens (tertiary/aromatic N) is 1. The summed E-state index contributed by atoms with van der Waals surface area (Å²) in [6.07, 6.45) is 0. The first-order chi connectivity index (χ1) is 5.15. The topological polar surface area (TPSA) is 64.2 Å². The van der Waals surface area contributed by atoms with Gasteiger partial charge in [0.1, 0.15) is 17.4 Å². The van der Waals surface area contributed by atoms with Crippen LogP contribution in [-0.2, 0) is 0 Å². The molecule has 11 heavy (non-hydrogen) atoms. The van der Waals surface area contributed by atoms with Gasteiger partial charge in [0.05, 0.1) is 0 Å². The molecule has 0 aliphatic heterocycles. The van der Waals surface area contributed by atoms with E-state index in [1.54, 1.807) is 0 Å². The van der Waals surface area contributed by atoms with Gasteiger partial charge in [0.25, 0.3) is 0 Å². The molecule has 4 heteroatoms. The Morgan fingerprint density at radius 2 is 2.00 bits per heavy atom. The largest absolute Gasteiger partial charge is 0.504 e. The third-order valence-electron chi connectivity index (χ3n) is 1.18. The first kappa shape index (κ1) is 7.35. The fourth-order valence-corrected chi connectivity index (χ4v) is 0.670. The molecule has 0 aliphatic rings. The summed E-state index contributed by atoms with van der Waals surface area (Å²) in [5.74, 6) is -1.97. The number of rotatable bonds is 0. The zero-order valence-corrected chi connectivity index (χ0v) is 5.37. The van der Waals surface area contributed by atoms with Crippen molar-refractivity contribution in [2.45, 2.75) is 0 Å². The Kier molecular flexibility index (Phi) is 1.65. The van der Waals surface area contributed by atoms with E-state index in [-0.39, 0.29) is 5.56 Å². The molecule has 1 aromatic carbocycles. The van der Waals surface area contributed by atoms with Crippen molar-refractivity contribution in [3.05, 3.63) is 23.5 Å². The van der Waals surface area contributed by atoms with Gasteiger partial charge < -0.3 is 10.2 Å². The number of hydrogen-bond donors (Lipinski definition) is 2. The SMILES string of the molecule is N#Cc1cc(F)cc(O)c1O. The second-order valence-electron chi connectivity index (χ2n) is 1.93. The molecule has 1 aromatic rings. The van der Waals surface area contributed by atoms with Crippen molar-refractivity contribution in [1.29, 1.82) is 5.26 Å². The number of aromatic hydroxyl groups is 2. The van der Waals surface area contributed by atoms with Crippen molar-refractivity contribution in [2.24, 2.45) is 0 Å². The zero-order valence-electron chi connectivity index (χ0n) is 5.37. The molecule has 56 valence electrons. The monoisotopic (exact) mass is 153 g/mol. The summed E-state index contributed by atoms with van der Waals surface area (Å²) in [6.45, 7) is 0. The number of phenolic OH excluding ortho intramolecular Hbond substituents is 2. The molecule has 2 N–H and O–H groups in total. The average Bonchev–Trinajstić information content (AvgIpc) is 1.96. The van der Waals surface area contributed by atoms with E-state index in [2.05, 4.69) is 0 Å². The van der Waals surface area contributed by atoms with Gasteiger partial charge in [0.2, 0.25) is 0 Å². The summed E-state index contributed by atoms with van der Waals surface area (Å²) >= 11 is 0. The van der Waals surface area contributed by atoms with Crippen molar-refractivity contribution in [1.82, 2.24) is 0 Å². The van der Waals surface area contributed by atoms with Crippen molar-refractivity contribution in [3.8, 4) is 17.6 Å². The second kappa shape index (κ2) is 2.46. The molecule has 0 saturated carbocycles. The molecule has 0 atom stereocenters. The van der Waals surface area contributed by atoms with Crippen LogP contribution in [0.4, 0.5) is 4.39 Å². The zero-order chi connectivity index (χ0) is 8.43. The lowest BCUT2D eigenvalue weighted by atomic mass is 10.2. The van der Waals surface area contributed by atoms with Gasteiger partial charge in [0, 0.05) is 6.07 Å². The van der Waals surface area contributed by atoms with Crippen LogP contribution in [0.3, 0.4) is 0 Å². The first-order valence-corrected chi connectivity index (χ1v) is 2.76. The number of benzene rings is 1. The summed E-state index contributed by atoms with van der Waals surface area (Å²) in [6, 6.07) is 3.10. The minimum absolute atomic E-state index is 0.275. The van der Waals surface area contributed by atoms with E-state index in [9.17, 15) is 4.39 Å². The van der Waals surface area contributed by atoms with Gasteiger partial charge in [-0.05, 0) is 6.07 Å². The molecule has 0 amide bonds. The molecule has 0 spiro atoms. The van der Waals surface area contributed by atoms with Crippen molar-refractivity contribution in [3.63, 3.8) is 0 Å². The van der Waals surface area contributed by atoms with Gasteiger partial charge in [0.15, 0.2) is 11.5 Å². The minimum atomic E-state index is -0.753. The van der Waals surface area contributed by atoms with Crippen LogP contribution in [0.15, 0.2) is 12.1 Å². The summed E-state index contributed by atoms with van der Waals surface area (Å²) in [5.41, 5.74) is -0.275. The van der Waals surface area contributed by atoms with Crippen molar-refractivity contribution < 1.29 is 14.6 Å². The first-order valence-electron chi connectivity index (χ1n) is 2.76. The maximum absolute atomic E-state index is 12.4. The smallest absolute Gasteiger partial charge is 0.175 e. The Hall–Kier alpha value is -1.76. The highest BCUT2D eigenvalue weighted by atomic mass is 19.1. The minimum Gasteiger partial charge on any atom is -0.504 e. The van der Waals surface area contributed by atoms with E-state index in [0.717, 1.165) is 12.1 Å². The second-order valence-corrected chi connectivity index (χ2v) is 1.93. The van der Waals surface area contributed by atoms with Gasteiger partial charge in [-0.15, -0.1) is 0 Å². The number of hydrogen-bond acceptors (Lipinski definition) is 3. The molecule has 0 heterocycles. The summed E-state index contributed by atoms with van der Waals surface area (Å²) in [5, 5.41) is 25.9. The third-order valence-corrected chi connectivity index (χ3v) is 1.18. The van der Waals surface area contributed by atoms with Crippen LogP contribution in [0.5, 0.6) is 11.5 Å². The summed E-state index contributed by atoms with van der Waals surface area (Å²) < 4.78 is 12.4. The lowest BCUT2D eigenvalue weighted by molar-refractivity contribution is 0.398. The normalized spacial score (nSPS) is 9.09. The summed E-state index contributed by atoms with van der Waals surface area (Å²) in [7, 11) is 0. The molecule has 0 aliphatic carbocycles. The van der Waals surface area contributed by atoms with Crippen LogP contribution in [0.25, 0.3) is 0 Å². The van der Waals surface area contributed by atoms with E-state index in [0.29, 0.717) is 0 Å². The van der Waals surface area contributed by atoms with Crippen molar-refractivity contribution >= 4 is 0 Å². The van der Waals surface area contributed by atoms with E-state index in [4.69, 9.17) is 15.5 Å². The molecule has 0 aromatic heterocycles. The average molecular weight is 153 g/mol.